The Labute approximate surface area is 272 Å². The van der Waals surface area contributed by atoms with E-state index in [1.54, 1.807) is 33.1 Å². The van der Waals surface area contributed by atoms with Crippen LogP contribution in [0, 0.1) is 11.6 Å². The maximum absolute atomic E-state index is 14.5. The molecule has 4 aromatic rings. The van der Waals surface area contributed by atoms with E-state index in [1.807, 2.05) is 48.5 Å². The first-order valence-electron chi connectivity index (χ1n) is 15.0. The summed E-state index contributed by atoms with van der Waals surface area (Å²) in [5, 5.41) is 3.66. The number of amides is 2. The predicted octanol–water partition coefficient (Wildman–Crippen LogP) is 7.18. The lowest BCUT2D eigenvalue weighted by Gasteiger charge is -2.23. The Bertz CT molecular complexity index is 1450. The molecule has 246 valence electrons. The van der Waals surface area contributed by atoms with Gasteiger partial charge in [-0.2, -0.15) is 0 Å². The number of unbranched alkanes of at least 4 members (excludes halogenated alkanes) is 2. The fourth-order valence-electron chi connectivity index (χ4n) is 4.64. The number of benzene rings is 3. The number of imidazole rings is 1. The quantitative estimate of drug-likeness (QED) is 0.0867. The van der Waals surface area contributed by atoms with Crippen LogP contribution in [0.2, 0.25) is 0 Å². The number of anilines is 1. The maximum atomic E-state index is 14.5. The number of aromatic amines is 1. The van der Waals surface area contributed by atoms with Gasteiger partial charge in [0.25, 0.3) is 0 Å². The molecule has 0 saturated carbocycles. The van der Waals surface area contributed by atoms with Crippen LogP contribution in [0.1, 0.15) is 19.3 Å². The molecule has 1 heterocycles. The van der Waals surface area contributed by atoms with Gasteiger partial charge in [-0.25, -0.2) is 18.6 Å². The fourth-order valence-corrected chi connectivity index (χ4v) is 5.51. The number of rotatable bonds is 18. The predicted molar refractivity (Wildman–Crippen MR) is 177 cm³/mol. The molecule has 9 nitrogen and oxygen atoms in total. The zero-order valence-corrected chi connectivity index (χ0v) is 27.1. The molecule has 2 N–H and O–H groups in total. The second-order valence-corrected chi connectivity index (χ2v) is 11.3. The molecule has 0 aliphatic carbocycles. The highest BCUT2D eigenvalue weighted by Crippen LogP contribution is 2.34. The maximum Gasteiger partial charge on any atom is 0.322 e. The van der Waals surface area contributed by atoms with Gasteiger partial charge in [0.2, 0.25) is 0 Å². The zero-order valence-electron chi connectivity index (χ0n) is 26.3. The highest BCUT2D eigenvalue weighted by Gasteiger charge is 2.20. The van der Waals surface area contributed by atoms with Crippen LogP contribution in [0.3, 0.4) is 0 Å². The van der Waals surface area contributed by atoms with Crippen LogP contribution in [0.15, 0.2) is 71.9 Å². The van der Waals surface area contributed by atoms with E-state index in [2.05, 4.69) is 10.3 Å². The third-order valence-electron chi connectivity index (χ3n) is 7.10. The molecule has 0 radical (unpaired) electrons. The topological polar surface area (TPSA) is 97.9 Å². The van der Waals surface area contributed by atoms with Gasteiger partial charge < -0.3 is 29.2 Å². The van der Waals surface area contributed by atoms with Crippen molar-refractivity contribution in [2.24, 2.45) is 0 Å². The Morgan fingerprint density at radius 2 is 1.57 bits per heavy atom. The van der Waals surface area contributed by atoms with Crippen LogP contribution in [0.4, 0.5) is 19.3 Å². The van der Waals surface area contributed by atoms with Gasteiger partial charge in [0, 0.05) is 36.6 Å². The number of nitrogens with zero attached hydrogens (tertiary/aromatic N) is 2. The molecule has 0 aliphatic heterocycles. The van der Waals surface area contributed by atoms with Gasteiger partial charge in [-0.05, 0) is 73.5 Å². The molecule has 12 heteroatoms. The SMILES string of the molecule is COCCOCCN(C(=O)NCCCCCSc1nc(-c2ccc(OC)cc2)c(-c2ccc(OC)cc2)[nH]1)c1ccc(F)cc1F. The van der Waals surface area contributed by atoms with Crippen molar-refractivity contribution in [3.8, 4) is 34.0 Å². The second-order valence-electron chi connectivity index (χ2n) is 10.2. The lowest BCUT2D eigenvalue weighted by Crippen LogP contribution is -2.42. The smallest absolute Gasteiger partial charge is 0.322 e. The van der Waals surface area contributed by atoms with Gasteiger partial charge in [-0.15, -0.1) is 0 Å². The minimum absolute atomic E-state index is 0.00731. The summed E-state index contributed by atoms with van der Waals surface area (Å²) < 4.78 is 49.0. The molecule has 0 unspecified atom stereocenters. The first kappa shape index (κ1) is 34.7. The standard InChI is InChI=1S/C34H40F2N4O5S/c1-42-20-21-45-19-18-40(30-16-11-26(35)23-29(30)36)34(41)37-17-5-4-6-22-46-33-38-31(24-7-12-27(43-2)13-8-24)32(39-33)25-9-14-28(44-3)15-10-25/h7-16,23H,4-6,17-22H2,1-3H3,(H,37,41)(H,38,39). The molecule has 4 rings (SSSR count). The Balaban J connectivity index is 1.29. The van der Waals surface area contributed by atoms with Crippen molar-refractivity contribution in [3.63, 3.8) is 0 Å². The third kappa shape index (κ3) is 9.93. The number of H-pyrrole nitrogens is 1. The number of urea groups is 1. The highest BCUT2D eigenvalue weighted by atomic mass is 32.2. The molecule has 0 bridgehead atoms. The average Bonchev–Trinajstić information content (AvgIpc) is 3.50. The van der Waals surface area contributed by atoms with Crippen molar-refractivity contribution < 1.29 is 32.5 Å². The van der Waals surface area contributed by atoms with Crippen molar-refractivity contribution in [1.29, 1.82) is 0 Å². The van der Waals surface area contributed by atoms with Crippen molar-refractivity contribution in [2.45, 2.75) is 24.4 Å². The van der Waals surface area contributed by atoms with Gasteiger partial charge in [0.05, 0.1) is 57.7 Å². The molecule has 0 atom stereocenters. The van der Waals surface area contributed by atoms with E-state index in [4.69, 9.17) is 23.9 Å². The number of ether oxygens (including phenoxy) is 4. The Morgan fingerprint density at radius 3 is 2.22 bits per heavy atom. The number of halogens is 2. The monoisotopic (exact) mass is 654 g/mol. The second kappa shape index (κ2) is 18.1. The van der Waals surface area contributed by atoms with E-state index < -0.39 is 17.7 Å². The lowest BCUT2D eigenvalue weighted by molar-refractivity contribution is 0.0743. The Hall–Kier alpha value is -4.13. The molecule has 0 spiro atoms. The summed E-state index contributed by atoms with van der Waals surface area (Å²) in [4.78, 5) is 22.6. The van der Waals surface area contributed by atoms with Crippen molar-refractivity contribution in [1.82, 2.24) is 15.3 Å². The van der Waals surface area contributed by atoms with E-state index in [0.717, 1.165) is 76.3 Å². The van der Waals surface area contributed by atoms with E-state index in [0.29, 0.717) is 19.8 Å². The van der Waals surface area contributed by atoms with Gasteiger partial charge in [-0.1, -0.05) is 18.2 Å². The number of hydrogen-bond donors (Lipinski definition) is 2. The number of carbonyl (C=O) groups is 1. The summed E-state index contributed by atoms with van der Waals surface area (Å²) in [6, 6.07) is 18.3. The van der Waals surface area contributed by atoms with Crippen LogP contribution in [0.5, 0.6) is 11.5 Å². The van der Waals surface area contributed by atoms with E-state index in [-0.39, 0.29) is 18.8 Å². The molecular weight excluding hydrogens is 614 g/mol. The molecule has 0 saturated heterocycles. The van der Waals surface area contributed by atoms with Gasteiger partial charge >= 0.3 is 6.03 Å². The van der Waals surface area contributed by atoms with E-state index in [1.165, 1.54) is 11.0 Å². The van der Waals surface area contributed by atoms with Crippen LogP contribution in [-0.4, -0.2) is 76.0 Å². The van der Waals surface area contributed by atoms with Crippen LogP contribution in [0.25, 0.3) is 22.5 Å². The normalized spacial score (nSPS) is 11.0. The minimum atomic E-state index is -0.813. The van der Waals surface area contributed by atoms with Crippen molar-refractivity contribution in [3.05, 3.63) is 78.4 Å². The summed E-state index contributed by atoms with van der Waals surface area (Å²) in [6.07, 6.45) is 2.51. The first-order chi connectivity index (χ1) is 22.4. The van der Waals surface area contributed by atoms with Gasteiger partial charge in [-0.3, -0.25) is 4.90 Å². The van der Waals surface area contributed by atoms with Crippen LogP contribution >= 0.6 is 11.8 Å². The van der Waals surface area contributed by atoms with E-state index >= 15 is 0 Å². The van der Waals surface area contributed by atoms with Gasteiger partial charge in [0.15, 0.2) is 5.16 Å². The number of carbonyl (C=O) groups excluding carboxylic acids is 1. The third-order valence-corrected chi connectivity index (χ3v) is 8.06. The lowest BCUT2D eigenvalue weighted by atomic mass is 10.0. The number of thioether (sulfide) groups is 1. The summed E-state index contributed by atoms with van der Waals surface area (Å²) in [5.74, 6) is 0.865. The number of methoxy groups -OCH3 is 3. The molecule has 46 heavy (non-hydrogen) atoms. The molecule has 3 aromatic carbocycles. The molecule has 1 aromatic heterocycles. The molecular formula is C34H40F2N4O5S. The average molecular weight is 655 g/mol. The first-order valence-corrected chi connectivity index (χ1v) is 16.0. The molecule has 0 fully saturated rings. The van der Waals surface area contributed by atoms with E-state index in [9.17, 15) is 13.6 Å². The number of aromatic nitrogens is 2. The minimum Gasteiger partial charge on any atom is -0.497 e. The Kier molecular flexibility index (Phi) is 13.7. The largest absolute Gasteiger partial charge is 0.497 e. The summed E-state index contributed by atoms with van der Waals surface area (Å²) in [6.45, 7) is 1.45. The van der Waals surface area contributed by atoms with Gasteiger partial charge in [0.1, 0.15) is 23.1 Å². The van der Waals surface area contributed by atoms with Crippen molar-refractivity contribution in [2.75, 3.05) is 64.9 Å². The molecule has 0 aliphatic rings. The van der Waals surface area contributed by atoms with Crippen molar-refractivity contribution >= 4 is 23.5 Å². The summed E-state index contributed by atoms with van der Waals surface area (Å²) >= 11 is 1.64. The summed E-state index contributed by atoms with van der Waals surface area (Å²) in [7, 11) is 4.84. The fraction of sp³-hybridized carbons (Fsp3) is 0.353. The zero-order chi connectivity index (χ0) is 32.7. The Morgan fingerprint density at radius 1 is 0.870 bits per heavy atom. The van der Waals surface area contributed by atoms with Crippen LogP contribution in [-0.2, 0) is 9.47 Å². The number of hydrogen-bond acceptors (Lipinski definition) is 7. The number of nitrogens with one attached hydrogen (secondary N) is 2. The van der Waals surface area contributed by atoms with Crippen LogP contribution < -0.4 is 19.7 Å². The molecule has 2 amide bonds. The highest BCUT2D eigenvalue weighted by molar-refractivity contribution is 7.99. The summed E-state index contributed by atoms with van der Waals surface area (Å²) in [5.41, 5.74) is 3.74.